The lowest BCUT2D eigenvalue weighted by Gasteiger charge is -2.01. The standard InChI is InChI=1S/C15H24N2O/c1-2-3-4-5-6-7-8-9-11-14(18)15-16-12-10-13-17-15/h10,12-13H,2-9,11H2,1H3. The molecular weight excluding hydrogens is 224 g/mol. The van der Waals surface area contributed by atoms with E-state index >= 15 is 0 Å². The molecule has 0 amide bonds. The molecule has 100 valence electrons. The molecule has 0 unspecified atom stereocenters. The maximum atomic E-state index is 11.7. The van der Waals surface area contributed by atoms with Crippen LogP contribution in [0.4, 0.5) is 0 Å². The normalized spacial score (nSPS) is 10.5. The fraction of sp³-hybridized carbons (Fsp3) is 0.667. The van der Waals surface area contributed by atoms with Gasteiger partial charge in [0.2, 0.25) is 0 Å². The Balaban J connectivity index is 2.00. The van der Waals surface area contributed by atoms with Crippen molar-refractivity contribution in [3.63, 3.8) is 0 Å². The smallest absolute Gasteiger partial charge is 0.200 e. The molecule has 0 N–H and O–H groups in total. The zero-order valence-electron chi connectivity index (χ0n) is 11.4. The van der Waals surface area contributed by atoms with E-state index in [0.717, 1.165) is 12.8 Å². The Morgan fingerprint density at radius 1 is 0.944 bits per heavy atom. The lowest BCUT2D eigenvalue weighted by Crippen LogP contribution is -2.04. The van der Waals surface area contributed by atoms with Crippen LogP contribution in [0.3, 0.4) is 0 Å². The van der Waals surface area contributed by atoms with Crippen molar-refractivity contribution >= 4 is 5.78 Å². The maximum absolute atomic E-state index is 11.7. The molecule has 0 fully saturated rings. The molecule has 1 heterocycles. The van der Waals surface area contributed by atoms with Gasteiger partial charge < -0.3 is 0 Å². The highest BCUT2D eigenvalue weighted by atomic mass is 16.1. The number of unbranched alkanes of at least 4 members (excludes halogenated alkanes) is 7. The van der Waals surface area contributed by atoms with E-state index in [1.807, 2.05) is 0 Å². The minimum Gasteiger partial charge on any atom is -0.291 e. The summed E-state index contributed by atoms with van der Waals surface area (Å²) < 4.78 is 0. The first-order valence-electron chi connectivity index (χ1n) is 7.15. The van der Waals surface area contributed by atoms with E-state index in [9.17, 15) is 4.79 Å². The van der Waals surface area contributed by atoms with E-state index in [4.69, 9.17) is 0 Å². The van der Waals surface area contributed by atoms with Crippen molar-refractivity contribution in [1.29, 1.82) is 0 Å². The number of carbonyl (C=O) groups excluding carboxylic acids is 1. The third-order valence-electron chi connectivity index (χ3n) is 3.07. The van der Waals surface area contributed by atoms with Crippen LogP contribution in [-0.4, -0.2) is 15.8 Å². The zero-order valence-corrected chi connectivity index (χ0v) is 11.4. The molecule has 0 aliphatic rings. The van der Waals surface area contributed by atoms with Crippen molar-refractivity contribution in [2.45, 2.75) is 64.7 Å². The Bertz CT molecular complexity index is 325. The van der Waals surface area contributed by atoms with Crippen molar-refractivity contribution < 1.29 is 4.79 Å². The molecule has 0 saturated heterocycles. The number of ketones is 1. The summed E-state index contributed by atoms with van der Waals surface area (Å²) >= 11 is 0. The number of hydrogen-bond donors (Lipinski definition) is 0. The van der Waals surface area contributed by atoms with Crippen LogP contribution in [0, 0.1) is 0 Å². The van der Waals surface area contributed by atoms with Crippen LogP contribution in [0.5, 0.6) is 0 Å². The molecule has 0 spiro atoms. The average Bonchev–Trinajstić information content (AvgIpc) is 2.42. The average molecular weight is 248 g/mol. The number of Topliss-reactive ketones (excluding diaryl/α,β-unsaturated/α-hetero) is 1. The lowest BCUT2D eigenvalue weighted by molar-refractivity contribution is 0.0969. The van der Waals surface area contributed by atoms with Crippen LogP contribution in [-0.2, 0) is 0 Å². The second-order valence-corrected chi connectivity index (χ2v) is 4.72. The van der Waals surface area contributed by atoms with Crippen molar-refractivity contribution in [3.8, 4) is 0 Å². The Hall–Kier alpha value is -1.25. The second-order valence-electron chi connectivity index (χ2n) is 4.72. The van der Waals surface area contributed by atoms with E-state index in [1.165, 1.54) is 38.5 Å². The van der Waals surface area contributed by atoms with Gasteiger partial charge in [0.15, 0.2) is 11.6 Å². The Morgan fingerprint density at radius 3 is 2.11 bits per heavy atom. The molecule has 0 aliphatic heterocycles. The predicted molar refractivity (Wildman–Crippen MR) is 73.6 cm³/mol. The first kappa shape index (κ1) is 14.8. The summed E-state index contributed by atoms with van der Waals surface area (Å²) in [4.78, 5) is 19.6. The number of rotatable bonds is 10. The predicted octanol–water partition coefficient (Wildman–Crippen LogP) is 4.19. The van der Waals surface area contributed by atoms with Crippen LogP contribution in [0.25, 0.3) is 0 Å². The molecule has 1 aromatic heterocycles. The van der Waals surface area contributed by atoms with E-state index in [1.54, 1.807) is 18.5 Å². The largest absolute Gasteiger partial charge is 0.291 e. The van der Waals surface area contributed by atoms with Gasteiger partial charge in [-0.25, -0.2) is 9.97 Å². The zero-order chi connectivity index (χ0) is 13.1. The Kier molecular flexibility index (Phi) is 8.02. The third kappa shape index (κ3) is 6.48. The van der Waals surface area contributed by atoms with Crippen molar-refractivity contribution in [2.75, 3.05) is 0 Å². The van der Waals surface area contributed by atoms with Gasteiger partial charge in [0.25, 0.3) is 0 Å². The second kappa shape index (κ2) is 9.75. The van der Waals surface area contributed by atoms with Gasteiger partial charge in [-0.15, -0.1) is 0 Å². The summed E-state index contributed by atoms with van der Waals surface area (Å²) in [6.45, 7) is 2.23. The molecular formula is C15H24N2O. The van der Waals surface area contributed by atoms with E-state index in [-0.39, 0.29) is 5.78 Å². The van der Waals surface area contributed by atoms with Crippen molar-refractivity contribution in [1.82, 2.24) is 9.97 Å². The van der Waals surface area contributed by atoms with Crippen LogP contribution < -0.4 is 0 Å². The molecule has 1 rings (SSSR count). The van der Waals surface area contributed by atoms with Crippen LogP contribution in [0.2, 0.25) is 0 Å². The van der Waals surface area contributed by atoms with Crippen LogP contribution in [0.1, 0.15) is 75.3 Å². The summed E-state index contributed by atoms with van der Waals surface area (Å²) in [6.07, 6.45) is 13.8. The number of aromatic nitrogens is 2. The molecule has 1 aromatic rings. The van der Waals surface area contributed by atoms with Gasteiger partial charge in [-0.1, -0.05) is 51.9 Å². The summed E-state index contributed by atoms with van der Waals surface area (Å²) in [6, 6.07) is 1.73. The Morgan fingerprint density at radius 2 is 1.50 bits per heavy atom. The van der Waals surface area contributed by atoms with Crippen LogP contribution >= 0.6 is 0 Å². The fourth-order valence-electron chi connectivity index (χ4n) is 1.97. The summed E-state index contributed by atoms with van der Waals surface area (Å²) in [5.74, 6) is 0.432. The molecule has 18 heavy (non-hydrogen) atoms. The molecule has 0 aliphatic carbocycles. The van der Waals surface area contributed by atoms with Crippen molar-refractivity contribution in [3.05, 3.63) is 24.3 Å². The molecule has 0 atom stereocenters. The van der Waals surface area contributed by atoms with Crippen molar-refractivity contribution in [2.24, 2.45) is 0 Å². The maximum Gasteiger partial charge on any atom is 0.200 e. The van der Waals surface area contributed by atoms with Gasteiger partial charge in [0.1, 0.15) is 0 Å². The minimum atomic E-state index is 0.0709. The summed E-state index contributed by atoms with van der Waals surface area (Å²) in [5, 5.41) is 0. The van der Waals surface area contributed by atoms with E-state index in [2.05, 4.69) is 16.9 Å². The van der Waals surface area contributed by atoms with Gasteiger partial charge in [0.05, 0.1) is 0 Å². The fourth-order valence-corrected chi connectivity index (χ4v) is 1.97. The molecule has 0 aromatic carbocycles. The SMILES string of the molecule is CCCCCCCCCCC(=O)c1ncccn1. The number of hydrogen-bond acceptors (Lipinski definition) is 3. The Labute approximate surface area is 110 Å². The molecule has 3 heteroatoms. The van der Waals surface area contributed by atoms with Crippen LogP contribution in [0.15, 0.2) is 18.5 Å². The third-order valence-corrected chi connectivity index (χ3v) is 3.07. The highest BCUT2D eigenvalue weighted by molar-refractivity contribution is 5.92. The minimum absolute atomic E-state index is 0.0709. The highest BCUT2D eigenvalue weighted by Gasteiger charge is 2.07. The van der Waals surface area contributed by atoms with E-state index < -0.39 is 0 Å². The van der Waals surface area contributed by atoms with Gasteiger partial charge in [-0.3, -0.25) is 4.79 Å². The summed E-state index contributed by atoms with van der Waals surface area (Å²) in [5.41, 5.74) is 0. The van der Waals surface area contributed by atoms with Gasteiger partial charge in [-0.05, 0) is 12.5 Å². The monoisotopic (exact) mass is 248 g/mol. The quantitative estimate of drug-likeness (QED) is 0.460. The summed E-state index contributed by atoms with van der Waals surface area (Å²) in [7, 11) is 0. The highest BCUT2D eigenvalue weighted by Crippen LogP contribution is 2.10. The number of carbonyl (C=O) groups is 1. The lowest BCUT2D eigenvalue weighted by atomic mass is 10.1. The molecule has 3 nitrogen and oxygen atoms in total. The van der Waals surface area contributed by atoms with E-state index in [0.29, 0.717) is 12.2 Å². The number of nitrogens with zero attached hydrogens (tertiary/aromatic N) is 2. The van der Waals surface area contributed by atoms with Gasteiger partial charge >= 0.3 is 0 Å². The van der Waals surface area contributed by atoms with Gasteiger partial charge in [-0.2, -0.15) is 0 Å². The molecule has 0 saturated carbocycles. The molecule has 0 bridgehead atoms. The molecule has 0 radical (unpaired) electrons. The first-order chi connectivity index (χ1) is 8.84. The first-order valence-corrected chi connectivity index (χ1v) is 7.15. The topological polar surface area (TPSA) is 42.9 Å². The van der Waals surface area contributed by atoms with Gasteiger partial charge in [0, 0.05) is 18.8 Å².